The van der Waals surface area contributed by atoms with Crippen molar-refractivity contribution in [2.75, 3.05) is 11.9 Å². The summed E-state index contributed by atoms with van der Waals surface area (Å²) in [7, 11) is 0. The number of unbranched alkanes of at least 4 members (excludes halogenated alkanes) is 1. The van der Waals surface area contributed by atoms with Crippen molar-refractivity contribution >= 4 is 11.9 Å². The van der Waals surface area contributed by atoms with Gasteiger partial charge in [0.05, 0.1) is 13.2 Å². The first kappa shape index (κ1) is 15.0. The van der Waals surface area contributed by atoms with Crippen LogP contribution in [0.4, 0.5) is 5.95 Å². The number of benzene rings is 1. The molecule has 1 heterocycles. The maximum atomic E-state index is 12.0. The van der Waals surface area contributed by atoms with Gasteiger partial charge in [0.25, 0.3) is 11.9 Å². The number of carbonyl (C=O) groups is 1. The van der Waals surface area contributed by atoms with Crippen LogP contribution in [0, 0.1) is 0 Å². The summed E-state index contributed by atoms with van der Waals surface area (Å²) in [5.74, 6) is 0.686. The second-order valence-corrected chi connectivity index (χ2v) is 4.48. The highest BCUT2D eigenvalue weighted by molar-refractivity contribution is 6.03. The fourth-order valence-corrected chi connectivity index (χ4v) is 1.64. The van der Waals surface area contributed by atoms with Gasteiger partial charge in [-0.1, -0.05) is 18.4 Å². The zero-order chi connectivity index (χ0) is 15.1. The first-order valence-corrected chi connectivity index (χ1v) is 7.05. The van der Waals surface area contributed by atoms with Crippen LogP contribution in [0.3, 0.4) is 0 Å². The molecule has 0 fully saturated rings. The topological polar surface area (TPSA) is 81.9 Å². The minimum Gasteiger partial charge on any atom is -0.494 e. The van der Waals surface area contributed by atoms with Gasteiger partial charge in [0, 0.05) is 5.56 Å². The van der Waals surface area contributed by atoms with Crippen molar-refractivity contribution in [3.63, 3.8) is 0 Å². The predicted octanol–water partition coefficient (Wildman–Crippen LogP) is 2.12. The molecule has 1 N–H and O–H groups in total. The standard InChI is InChI=1S/C14H19N5O2/c1-3-5-10-21-12-8-6-11(7-9-12)13(20)15-14-16-18-19(4-2)17-14/h6-9H,3-5,10H2,1-2H3,(H,15,17,20). The molecule has 0 unspecified atom stereocenters. The Labute approximate surface area is 123 Å². The van der Waals surface area contributed by atoms with Gasteiger partial charge in [-0.3, -0.25) is 10.1 Å². The molecule has 1 aromatic heterocycles. The van der Waals surface area contributed by atoms with Crippen molar-refractivity contribution in [2.24, 2.45) is 0 Å². The van der Waals surface area contributed by atoms with E-state index in [2.05, 4.69) is 27.7 Å². The van der Waals surface area contributed by atoms with Gasteiger partial charge in [-0.25, -0.2) is 0 Å². The zero-order valence-corrected chi connectivity index (χ0v) is 12.2. The molecular weight excluding hydrogens is 270 g/mol. The van der Waals surface area contributed by atoms with Crippen molar-refractivity contribution in [1.29, 1.82) is 0 Å². The molecule has 2 aromatic rings. The molecule has 0 bridgehead atoms. The average Bonchev–Trinajstić information content (AvgIpc) is 2.96. The van der Waals surface area contributed by atoms with E-state index in [1.54, 1.807) is 24.3 Å². The van der Waals surface area contributed by atoms with E-state index < -0.39 is 0 Å². The second kappa shape index (κ2) is 7.37. The molecule has 0 aliphatic carbocycles. The molecule has 2 rings (SSSR count). The van der Waals surface area contributed by atoms with Crippen LogP contribution >= 0.6 is 0 Å². The van der Waals surface area contributed by atoms with Crippen LogP contribution in [0.5, 0.6) is 5.75 Å². The van der Waals surface area contributed by atoms with Gasteiger partial charge in [-0.2, -0.15) is 4.80 Å². The second-order valence-electron chi connectivity index (χ2n) is 4.48. The molecule has 1 aromatic carbocycles. The largest absolute Gasteiger partial charge is 0.494 e. The lowest BCUT2D eigenvalue weighted by molar-refractivity contribution is 0.102. The van der Waals surface area contributed by atoms with Gasteiger partial charge in [-0.05, 0) is 42.8 Å². The maximum Gasteiger partial charge on any atom is 0.270 e. The summed E-state index contributed by atoms with van der Waals surface area (Å²) in [4.78, 5) is 13.4. The Morgan fingerprint density at radius 1 is 1.29 bits per heavy atom. The molecule has 0 saturated heterocycles. The van der Waals surface area contributed by atoms with Crippen molar-refractivity contribution in [2.45, 2.75) is 33.2 Å². The first-order chi connectivity index (χ1) is 10.2. The quantitative estimate of drug-likeness (QED) is 0.789. The highest BCUT2D eigenvalue weighted by atomic mass is 16.5. The lowest BCUT2D eigenvalue weighted by Gasteiger charge is -2.06. The third-order valence-electron chi connectivity index (χ3n) is 2.84. The number of nitrogens with one attached hydrogen (secondary N) is 1. The lowest BCUT2D eigenvalue weighted by atomic mass is 10.2. The minimum absolute atomic E-state index is 0.199. The van der Waals surface area contributed by atoms with Crippen LogP contribution in [0.2, 0.25) is 0 Å². The van der Waals surface area contributed by atoms with Crippen LogP contribution < -0.4 is 10.1 Å². The van der Waals surface area contributed by atoms with Crippen LogP contribution in [0.1, 0.15) is 37.0 Å². The number of rotatable bonds is 7. The van der Waals surface area contributed by atoms with E-state index in [-0.39, 0.29) is 11.9 Å². The Morgan fingerprint density at radius 3 is 2.67 bits per heavy atom. The molecule has 0 radical (unpaired) electrons. The monoisotopic (exact) mass is 289 g/mol. The fraction of sp³-hybridized carbons (Fsp3) is 0.429. The molecule has 0 aliphatic rings. The number of nitrogens with zero attached hydrogens (tertiary/aromatic N) is 4. The van der Waals surface area contributed by atoms with Crippen LogP contribution in [0.25, 0.3) is 0 Å². The summed E-state index contributed by atoms with van der Waals surface area (Å²) in [6.45, 7) is 5.29. The van der Waals surface area contributed by atoms with Crippen molar-refractivity contribution in [1.82, 2.24) is 20.2 Å². The van der Waals surface area contributed by atoms with E-state index >= 15 is 0 Å². The summed E-state index contributed by atoms with van der Waals surface area (Å²) in [6, 6.07) is 6.98. The summed E-state index contributed by atoms with van der Waals surface area (Å²) in [5, 5.41) is 14.1. The number of aryl methyl sites for hydroxylation is 1. The third-order valence-corrected chi connectivity index (χ3v) is 2.84. The zero-order valence-electron chi connectivity index (χ0n) is 12.2. The Bertz CT molecular complexity index is 579. The van der Waals surface area contributed by atoms with E-state index in [1.807, 2.05) is 6.92 Å². The van der Waals surface area contributed by atoms with Crippen LogP contribution in [0.15, 0.2) is 24.3 Å². The summed E-state index contributed by atoms with van der Waals surface area (Å²) in [6.07, 6.45) is 2.10. The number of ether oxygens (including phenoxy) is 1. The Morgan fingerprint density at radius 2 is 2.05 bits per heavy atom. The minimum atomic E-state index is -0.272. The van der Waals surface area contributed by atoms with Gasteiger partial charge < -0.3 is 4.74 Å². The number of amides is 1. The van der Waals surface area contributed by atoms with Gasteiger partial charge in [-0.15, -0.1) is 5.10 Å². The molecule has 0 saturated carbocycles. The van der Waals surface area contributed by atoms with Gasteiger partial charge >= 0.3 is 0 Å². The van der Waals surface area contributed by atoms with E-state index in [1.165, 1.54) is 4.80 Å². The third kappa shape index (κ3) is 4.27. The Balaban J connectivity index is 1.93. The predicted molar refractivity (Wildman–Crippen MR) is 78.3 cm³/mol. The average molecular weight is 289 g/mol. The van der Waals surface area contributed by atoms with Crippen LogP contribution in [-0.2, 0) is 6.54 Å². The molecule has 0 aliphatic heterocycles. The molecule has 0 atom stereocenters. The highest BCUT2D eigenvalue weighted by Gasteiger charge is 2.09. The normalized spacial score (nSPS) is 10.4. The van der Waals surface area contributed by atoms with E-state index in [0.29, 0.717) is 18.7 Å². The summed E-state index contributed by atoms with van der Waals surface area (Å²) in [5.41, 5.74) is 0.519. The molecule has 0 spiro atoms. The number of hydrogen-bond acceptors (Lipinski definition) is 5. The SMILES string of the molecule is CCCCOc1ccc(C(=O)Nc2nnn(CC)n2)cc1. The molecule has 1 amide bonds. The fourth-order valence-electron chi connectivity index (χ4n) is 1.64. The smallest absolute Gasteiger partial charge is 0.270 e. The summed E-state index contributed by atoms with van der Waals surface area (Å²) < 4.78 is 5.55. The van der Waals surface area contributed by atoms with E-state index in [4.69, 9.17) is 4.74 Å². The highest BCUT2D eigenvalue weighted by Crippen LogP contribution is 2.13. The Kier molecular flexibility index (Phi) is 5.25. The number of aromatic nitrogens is 4. The van der Waals surface area contributed by atoms with Gasteiger partial charge in [0.15, 0.2) is 0 Å². The lowest BCUT2D eigenvalue weighted by Crippen LogP contribution is -2.13. The van der Waals surface area contributed by atoms with E-state index in [9.17, 15) is 4.79 Å². The van der Waals surface area contributed by atoms with Gasteiger partial charge in [0.2, 0.25) is 0 Å². The molecular formula is C14H19N5O2. The van der Waals surface area contributed by atoms with E-state index in [0.717, 1.165) is 18.6 Å². The Hall–Kier alpha value is -2.44. The van der Waals surface area contributed by atoms with Gasteiger partial charge in [0.1, 0.15) is 5.75 Å². The number of anilines is 1. The molecule has 7 heteroatoms. The van der Waals surface area contributed by atoms with Crippen molar-refractivity contribution in [3.8, 4) is 5.75 Å². The first-order valence-electron chi connectivity index (χ1n) is 7.05. The van der Waals surface area contributed by atoms with Crippen LogP contribution in [-0.4, -0.2) is 32.7 Å². The summed E-state index contributed by atoms with van der Waals surface area (Å²) >= 11 is 0. The van der Waals surface area contributed by atoms with Crippen molar-refractivity contribution < 1.29 is 9.53 Å². The molecule has 21 heavy (non-hydrogen) atoms. The molecule has 7 nitrogen and oxygen atoms in total. The maximum absolute atomic E-state index is 12.0. The van der Waals surface area contributed by atoms with Crippen molar-refractivity contribution in [3.05, 3.63) is 29.8 Å². The molecule has 112 valence electrons. The number of carbonyl (C=O) groups excluding carboxylic acids is 1. The number of hydrogen-bond donors (Lipinski definition) is 1. The number of tetrazole rings is 1.